The molecular formula is C23H26FN3O2. The molecule has 0 spiro atoms. The molecule has 0 aliphatic carbocycles. The fraction of sp³-hybridized carbons (Fsp3) is 0.304. The highest BCUT2D eigenvalue weighted by molar-refractivity contribution is 5.68. The van der Waals surface area contributed by atoms with Gasteiger partial charge in [-0.05, 0) is 38.5 Å². The first kappa shape index (κ1) is 20.6. The van der Waals surface area contributed by atoms with Crippen molar-refractivity contribution in [1.82, 2.24) is 15.3 Å². The molecule has 29 heavy (non-hydrogen) atoms. The zero-order chi connectivity index (χ0) is 21.0. The molecule has 1 amide bonds. The number of rotatable bonds is 5. The maximum absolute atomic E-state index is 14.2. The number of hydrogen-bond acceptors (Lipinski definition) is 3. The molecule has 0 saturated heterocycles. The monoisotopic (exact) mass is 395 g/mol. The molecule has 0 aliphatic heterocycles. The highest BCUT2D eigenvalue weighted by atomic mass is 19.1. The van der Waals surface area contributed by atoms with Gasteiger partial charge in [0.15, 0.2) is 0 Å². The summed E-state index contributed by atoms with van der Waals surface area (Å²) in [7, 11) is 0. The molecule has 5 nitrogen and oxygen atoms in total. The minimum atomic E-state index is -0.619. The Morgan fingerprint density at radius 1 is 1.10 bits per heavy atom. The second kappa shape index (κ2) is 8.47. The Hall–Kier alpha value is -3.15. The number of carbonyl (C=O) groups is 1. The van der Waals surface area contributed by atoms with Crippen molar-refractivity contribution < 1.29 is 13.9 Å². The van der Waals surface area contributed by atoms with Crippen molar-refractivity contribution >= 4 is 6.09 Å². The number of alkyl carbamates (subject to hydrolysis) is 1. The number of hydrogen-bond donors (Lipinski definition) is 2. The van der Waals surface area contributed by atoms with Gasteiger partial charge in [0, 0.05) is 11.5 Å². The van der Waals surface area contributed by atoms with Crippen molar-refractivity contribution in [1.29, 1.82) is 0 Å². The van der Waals surface area contributed by atoms with E-state index in [1.165, 1.54) is 6.07 Å². The van der Waals surface area contributed by atoms with Crippen molar-refractivity contribution in [3.63, 3.8) is 0 Å². The highest BCUT2D eigenvalue weighted by Crippen LogP contribution is 2.31. The minimum absolute atomic E-state index is 0.0941. The van der Waals surface area contributed by atoms with Crippen LogP contribution in [0.5, 0.6) is 0 Å². The van der Waals surface area contributed by atoms with Gasteiger partial charge < -0.3 is 15.0 Å². The summed E-state index contributed by atoms with van der Waals surface area (Å²) < 4.78 is 19.6. The number of aromatic amines is 1. The Morgan fingerprint density at radius 3 is 2.41 bits per heavy atom. The van der Waals surface area contributed by atoms with Crippen LogP contribution < -0.4 is 5.32 Å². The Kier molecular flexibility index (Phi) is 6.01. The summed E-state index contributed by atoms with van der Waals surface area (Å²) in [5.74, 6) is 0.101. The molecule has 1 heterocycles. The fourth-order valence-electron chi connectivity index (χ4n) is 3.12. The number of aromatic nitrogens is 2. The van der Waals surface area contributed by atoms with Gasteiger partial charge in [-0.3, -0.25) is 0 Å². The Bertz CT molecular complexity index is 964. The van der Waals surface area contributed by atoms with E-state index >= 15 is 0 Å². The lowest BCUT2D eigenvalue weighted by Gasteiger charge is -2.26. The van der Waals surface area contributed by atoms with Crippen LogP contribution in [0.15, 0.2) is 60.8 Å². The Morgan fingerprint density at radius 2 is 1.76 bits per heavy atom. The van der Waals surface area contributed by atoms with Gasteiger partial charge in [0.1, 0.15) is 17.2 Å². The Labute approximate surface area is 170 Å². The SMILES string of the molecule is C[C@H](c1ccccc1)[C@H](NC(=O)OC(C)(C)C)c1ncc(-c2ccccc2F)[nH]1. The number of carbonyl (C=O) groups excluding carboxylic acids is 1. The standard InChI is InChI=1S/C23H26FN3O2/c1-15(16-10-6-5-7-11-16)20(27-22(28)29-23(2,3)4)21-25-14-19(26-21)17-12-8-9-13-18(17)24/h5-15,20H,1-4H3,(H,25,26)(H,27,28)/t15-,20+/m1/s1. The maximum Gasteiger partial charge on any atom is 0.408 e. The van der Waals surface area contributed by atoms with E-state index in [1.807, 2.05) is 58.0 Å². The van der Waals surface area contributed by atoms with Gasteiger partial charge in [0.25, 0.3) is 0 Å². The number of nitrogens with one attached hydrogen (secondary N) is 2. The van der Waals surface area contributed by atoms with Crippen LogP contribution in [-0.2, 0) is 4.74 Å². The second-order valence-electron chi connectivity index (χ2n) is 7.99. The van der Waals surface area contributed by atoms with E-state index in [9.17, 15) is 9.18 Å². The number of imidazole rings is 1. The first-order valence-corrected chi connectivity index (χ1v) is 9.59. The lowest BCUT2D eigenvalue weighted by molar-refractivity contribution is 0.0494. The smallest absolute Gasteiger partial charge is 0.408 e. The van der Waals surface area contributed by atoms with E-state index in [0.717, 1.165) is 5.56 Å². The number of ether oxygens (including phenoxy) is 1. The van der Waals surface area contributed by atoms with Gasteiger partial charge >= 0.3 is 6.09 Å². The van der Waals surface area contributed by atoms with E-state index in [0.29, 0.717) is 17.1 Å². The van der Waals surface area contributed by atoms with E-state index in [4.69, 9.17) is 4.74 Å². The number of nitrogens with zero attached hydrogens (tertiary/aromatic N) is 1. The quantitative estimate of drug-likeness (QED) is 0.592. The van der Waals surface area contributed by atoms with E-state index in [2.05, 4.69) is 15.3 Å². The van der Waals surface area contributed by atoms with Crippen LogP contribution in [0.2, 0.25) is 0 Å². The molecule has 0 bridgehead atoms. The predicted molar refractivity (Wildman–Crippen MR) is 111 cm³/mol. The molecule has 0 saturated carbocycles. The fourth-order valence-corrected chi connectivity index (χ4v) is 3.12. The van der Waals surface area contributed by atoms with Crippen LogP contribution in [0.4, 0.5) is 9.18 Å². The van der Waals surface area contributed by atoms with E-state index in [1.54, 1.807) is 24.4 Å². The first-order chi connectivity index (χ1) is 13.7. The summed E-state index contributed by atoms with van der Waals surface area (Å²) in [4.78, 5) is 20.1. The van der Waals surface area contributed by atoms with Crippen LogP contribution in [-0.4, -0.2) is 21.7 Å². The molecule has 152 valence electrons. The summed E-state index contributed by atoms with van der Waals surface area (Å²) in [6, 6.07) is 15.8. The molecule has 2 N–H and O–H groups in total. The molecule has 3 aromatic rings. The van der Waals surface area contributed by atoms with Gasteiger partial charge in [-0.25, -0.2) is 14.2 Å². The zero-order valence-corrected chi connectivity index (χ0v) is 17.1. The van der Waals surface area contributed by atoms with Gasteiger partial charge in [-0.1, -0.05) is 49.4 Å². The molecule has 0 unspecified atom stereocenters. The number of benzene rings is 2. The van der Waals surface area contributed by atoms with Crippen LogP contribution in [0, 0.1) is 5.82 Å². The van der Waals surface area contributed by atoms with Crippen LogP contribution in [0.1, 0.15) is 51.0 Å². The van der Waals surface area contributed by atoms with Gasteiger partial charge in [-0.2, -0.15) is 0 Å². The second-order valence-corrected chi connectivity index (χ2v) is 7.99. The summed E-state index contributed by atoms with van der Waals surface area (Å²) in [6.07, 6.45) is 1.05. The minimum Gasteiger partial charge on any atom is -0.444 e. The number of halogens is 1. The van der Waals surface area contributed by atoms with Gasteiger partial charge in [-0.15, -0.1) is 0 Å². The Balaban J connectivity index is 1.93. The molecule has 0 fully saturated rings. The van der Waals surface area contributed by atoms with Crippen molar-refractivity contribution in [3.05, 3.63) is 78.0 Å². The summed E-state index contributed by atoms with van der Waals surface area (Å²) in [6.45, 7) is 7.44. The predicted octanol–water partition coefficient (Wildman–Crippen LogP) is 5.59. The molecule has 1 aromatic heterocycles. The van der Waals surface area contributed by atoms with Crippen molar-refractivity contribution in [2.75, 3.05) is 0 Å². The van der Waals surface area contributed by atoms with Gasteiger partial charge in [0.05, 0.1) is 17.9 Å². The third kappa shape index (κ3) is 5.22. The molecule has 2 aromatic carbocycles. The summed E-state index contributed by atoms with van der Waals surface area (Å²) >= 11 is 0. The van der Waals surface area contributed by atoms with Crippen LogP contribution in [0.3, 0.4) is 0 Å². The average molecular weight is 395 g/mol. The summed E-state index contributed by atoms with van der Waals surface area (Å²) in [5, 5.41) is 2.92. The molecule has 2 atom stereocenters. The average Bonchev–Trinajstić information content (AvgIpc) is 3.15. The lowest BCUT2D eigenvalue weighted by Crippen LogP contribution is -2.37. The summed E-state index contributed by atoms with van der Waals surface area (Å²) in [5.41, 5.74) is 1.40. The third-order valence-corrected chi connectivity index (χ3v) is 4.55. The van der Waals surface area contributed by atoms with E-state index in [-0.39, 0.29) is 11.7 Å². The molecule has 0 radical (unpaired) electrons. The van der Waals surface area contributed by atoms with E-state index < -0.39 is 17.7 Å². The zero-order valence-electron chi connectivity index (χ0n) is 17.1. The van der Waals surface area contributed by atoms with Gasteiger partial charge in [0.2, 0.25) is 0 Å². The first-order valence-electron chi connectivity index (χ1n) is 9.59. The molecular weight excluding hydrogens is 369 g/mol. The maximum atomic E-state index is 14.2. The lowest BCUT2D eigenvalue weighted by atomic mass is 9.93. The van der Waals surface area contributed by atoms with Crippen LogP contribution in [0.25, 0.3) is 11.3 Å². The topological polar surface area (TPSA) is 67.0 Å². The number of H-pyrrole nitrogens is 1. The van der Waals surface area contributed by atoms with Crippen molar-refractivity contribution in [2.24, 2.45) is 0 Å². The van der Waals surface area contributed by atoms with Crippen molar-refractivity contribution in [3.8, 4) is 11.3 Å². The molecule has 3 rings (SSSR count). The van der Waals surface area contributed by atoms with Crippen molar-refractivity contribution in [2.45, 2.75) is 45.3 Å². The normalized spacial score (nSPS) is 13.6. The third-order valence-electron chi connectivity index (χ3n) is 4.55. The highest BCUT2D eigenvalue weighted by Gasteiger charge is 2.28. The number of amides is 1. The largest absolute Gasteiger partial charge is 0.444 e. The molecule has 6 heteroatoms. The van der Waals surface area contributed by atoms with Crippen LogP contribution >= 0.6 is 0 Å². The molecule has 0 aliphatic rings.